The Labute approximate surface area is 111 Å². The average Bonchev–Trinajstić information content (AvgIpc) is 2.85. The van der Waals surface area contributed by atoms with E-state index in [0.717, 1.165) is 40.0 Å². The fraction of sp³-hybridized carbons (Fsp3) is 0.385. The van der Waals surface area contributed by atoms with Gasteiger partial charge >= 0.3 is 0 Å². The van der Waals surface area contributed by atoms with Gasteiger partial charge in [-0.15, -0.1) is 10.2 Å². The SMILES string of the molecule is CCCNc1nnc(-c2ccc(OC)c(C)c2)s1. The normalized spacial score (nSPS) is 10.4. The number of nitrogens with zero attached hydrogens (tertiary/aromatic N) is 2. The Morgan fingerprint density at radius 3 is 2.83 bits per heavy atom. The molecule has 1 aromatic carbocycles. The number of methoxy groups -OCH3 is 1. The van der Waals surface area contributed by atoms with E-state index in [0.29, 0.717) is 0 Å². The third-order valence-corrected chi connectivity index (χ3v) is 3.52. The number of ether oxygens (including phenoxy) is 1. The van der Waals surface area contributed by atoms with Gasteiger partial charge in [0, 0.05) is 12.1 Å². The molecule has 0 aliphatic carbocycles. The predicted molar refractivity (Wildman–Crippen MR) is 75.4 cm³/mol. The maximum atomic E-state index is 5.25. The standard InChI is InChI=1S/C13H17N3OS/c1-4-7-14-13-16-15-12(18-13)10-5-6-11(17-3)9(2)8-10/h5-6,8H,4,7H2,1-3H3,(H,14,16). The largest absolute Gasteiger partial charge is 0.496 e. The molecular formula is C13H17N3OS. The van der Waals surface area contributed by atoms with Crippen molar-refractivity contribution >= 4 is 16.5 Å². The number of rotatable bonds is 5. The lowest BCUT2D eigenvalue weighted by atomic mass is 10.1. The molecule has 0 saturated heterocycles. The molecule has 0 aliphatic rings. The van der Waals surface area contributed by atoms with E-state index in [1.54, 1.807) is 18.4 Å². The summed E-state index contributed by atoms with van der Waals surface area (Å²) in [7, 11) is 1.68. The molecule has 0 aliphatic heterocycles. The van der Waals surface area contributed by atoms with Crippen molar-refractivity contribution in [3.05, 3.63) is 23.8 Å². The number of nitrogens with one attached hydrogen (secondary N) is 1. The van der Waals surface area contributed by atoms with E-state index in [1.165, 1.54) is 0 Å². The van der Waals surface area contributed by atoms with E-state index in [-0.39, 0.29) is 0 Å². The van der Waals surface area contributed by atoms with Gasteiger partial charge in [-0.2, -0.15) is 0 Å². The van der Waals surface area contributed by atoms with Crippen molar-refractivity contribution in [1.29, 1.82) is 0 Å². The molecule has 0 spiro atoms. The minimum Gasteiger partial charge on any atom is -0.496 e. The topological polar surface area (TPSA) is 47.0 Å². The zero-order chi connectivity index (χ0) is 13.0. The van der Waals surface area contributed by atoms with Gasteiger partial charge in [0.05, 0.1) is 7.11 Å². The lowest BCUT2D eigenvalue weighted by Crippen LogP contribution is -1.98. The molecular weight excluding hydrogens is 246 g/mol. The number of hydrogen-bond acceptors (Lipinski definition) is 5. The molecule has 2 aromatic rings. The van der Waals surface area contributed by atoms with Crippen molar-refractivity contribution < 1.29 is 4.74 Å². The summed E-state index contributed by atoms with van der Waals surface area (Å²) < 4.78 is 5.25. The molecule has 0 saturated carbocycles. The van der Waals surface area contributed by atoms with Crippen LogP contribution >= 0.6 is 11.3 Å². The molecule has 96 valence electrons. The van der Waals surface area contributed by atoms with Gasteiger partial charge < -0.3 is 10.1 Å². The summed E-state index contributed by atoms with van der Waals surface area (Å²) in [5.41, 5.74) is 2.18. The summed E-state index contributed by atoms with van der Waals surface area (Å²) in [6.45, 7) is 5.08. The van der Waals surface area contributed by atoms with E-state index in [4.69, 9.17) is 4.74 Å². The van der Waals surface area contributed by atoms with Gasteiger partial charge in [-0.3, -0.25) is 0 Å². The molecule has 0 unspecified atom stereocenters. The van der Waals surface area contributed by atoms with Gasteiger partial charge in [0.15, 0.2) is 0 Å². The summed E-state index contributed by atoms with van der Waals surface area (Å²) in [6, 6.07) is 6.05. The van der Waals surface area contributed by atoms with Gasteiger partial charge in [0.25, 0.3) is 0 Å². The Bertz CT molecular complexity index is 525. The van der Waals surface area contributed by atoms with Crippen molar-refractivity contribution in [2.45, 2.75) is 20.3 Å². The van der Waals surface area contributed by atoms with Gasteiger partial charge in [-0.1, -0.05) is 18.3 Å². The maximum Gasteiger partial charge on any atom is 0.206 e. The fourth-order valence-corrected chi connectivity index (χ4v) is 2.42. The van der Waals surface area contributed by atoms with E-state index >= 15 is 0 Å². The second-order valence-corrected chi connectivity index (χ2v) is 5.00. The van der Waals surface area contributed by atoms with E-state index in [2.05, 4.69) is 28.5 Å². The van der Waals surface area contributed by atoms with Crippen molar-refractivity contribution in [2.75, 3.05) is 19.0 Å². The second kappa shape index (κ2) is 5.82. The number of aryl methyl sites for hydroxylation is 1. The van der Waals surface area contributed by atoms with Crippen LogP contribution < -0.4 is 10.1 Å². The first-order valence-electron chi connectivity index (χ1n) is 5.97. The number of aromatic nitrogens is 2. The Kier molecular flexibility index (Phi) is 4.15. The minimum absolute atomic E-state index is 0.875. The smallest absolute Gasteiger partial charge is 0.206 e. The highest BCUT2D eigenvalue weighted by atomic mass is 32.1. The van der Waals surface area contributed by atoms with Gasteiger partial charge in [-0.25, -0.2) is 0 Å². The first-order chi connectivity index (χ1) is 8.74. The number of anilines is 1. The summed E-state index contributed by atoms with van der Waals surface area (Å²) in [5, 5.41) is 13.4. The summed E-state index contributed by atoms with van der Waals surface area (Å²) in [4.78, 5) is 0. The van der Waals surface area contributed by atoms with Crippen LogP contribution in [0.25, 0.3) is 10.6 Å². The first kappa shape index (κ1) is 12.8. The third-order valence-electron chi connectivity index (χ3n) is 2.59. The monoisotopic (exact) mass is 263 g/mol. The molecule has 1 N–H and O–H groups in total. The van der Waals surface area contributed by atoms with Crippen molar-refractivity contribution in [2.24, 2.45) is 0 Å². The van der Waals surface area contributed by atoms with Crippen LogP contribution in [0.15, 0.2) is 18.2 Å². The Morgan fingerprint density at radius 2 is 2.17 bits per heavy atom. The van der Waals surface area contributed by atoms with E-state index < -0.39 is 0 Å². The highest BCUT2D eigenvalue weighted by Gasteiger charge is 2.08. The second-order valence-electron chi connectivity index (χ2n) is 4.02. The van der Waals surface area contributed by atoms with Crippen molar-refractivity contribution in [3.8, 4) is 16.3 Å². The Hall–Kier alpha value is -1.62. The van der Waals surface area contributed by atoms with Gasteiger partial charge in [0.1, 0.15) is 10.8 Å². The molecule has 0 bridgehead atoms. The average molecular weight is 263 g/mol. The maximum absolute atomic E-state index is 5.25. The van der Waals surface area contributed by atoms with Crippen molar-refractivity contribution in [3.63, 3.8) is 0 Å². The minimum atomic E-state index is 0.875. The highest BCUT2D eigenvalue weighted by molar-refractivity contribution is 7.18. The van der Waals surface area contributed by atoms with E-state index in [1.807, 2.05) is 19.1 Å². The highest BCUT2D eigenvalue weighted by Crippen LogP contribution is 2.29. The van der Waals surface area contributed by atoms with Crippen LogP contribution in [-0.4, -0.2) is 23.9 Å². The third kappa shape index (κ3) is 2.79. The summed E-state index contributed by atoms with van der Waals surface area (Å²) in [6.07, 6.45) is 1.08. The molecule has 0 fully saturated rings. The molecule has 18 heavy (non-hydrogen) atoms. The first-order valence-corrected chi connectivity index (χ1v) is 6.78. The van der Waals surface area contributed by atoms with Gasteiger partial charge in [0.2, 0.25) is 5.13 Å². The number of hydrogen-bond donors (Lipinski definition) is 1. The molecule has 0 atom stereocenters. The zero-order valence-electron chi connectivity index (χ0n) is 10.9. The van der Waals surface area contributed by atoms with Crippen LogP contribution in [0, 0.1) is 6.92 Å². The quantitative estimate of drug-likeness (QED) is 0.898. The van der Waals surface area contributed by atoms with Crippen LogP contribution in [-0.2, 0) is 0 Å². The summed E-state index contributed by atoms with van der Waals surface area (Å²) >= 11 is 1.57. The molecule has 2 rings (SSSR count). The lowest BCUT2D eigenvalue weighted by Gasteiger charge is -2.04. The van der Waals surface area contributed by atoms with Crippen LogP contribution in [0.5, 0.6) is 5.75 Å². The predicted octanol–water partition coefficient (Wildman–Crippen LogP) is 3.34. The molecule has 0 radical (unpaired) electrons. The molecule has 4 nitrogen and oxygen atoms in total. The molecule has 5 heteroatoms. The fourth-order valence-electron chi connectivity index (χ4n) is 1.65. The van der Waals surface area contributed by atoms with Crippen LogP contribution in [0.3, 0.4) is 0 Å². The van der Waals surface area contributed by atoms with Crippen LogP contribution in [0.2, 0.25) is 0 Å². The Balaban J connectivity index is 2.20. The summed E-state index contributed by atoms with van der Waals surface area (Å²) in [5.74, 6) is 0.896. The van der Waals surface area contributed by atoms with E-state index in [9.17, 15) is 0 Å². The lowest BCUT2D eigenvalue weighted by molar-refractivity contribution is 0.412. The number of benzene rings is 1. The van der Waals surface area contributed by atoms with Gasteiger partial charge in [-0.05, 0) is 37.1 Å². The zero-order valence-corrected chi connectivity index (χ0v) is 11.7. The molecule has 1 heterocycles. The van der Waals surface area contributed by atoms with Crippen LogP contribution in [0.4, 0.5) is 5.13 Å². The Morgan fingerprint density at radius 1 is 1.33 bits per heavy atom. The van der Waals surface area contributed by atoms with Crippen molar-refractivity contribution in [1.82, 2.24) is 10.2 Å². The molecule has 0 amide bonds. The molecule has 1 aromatic heterocycles. The van der Waals surface area contributed by atoms with Crippen LogP contribution in [0.1, 0.15) is 18.9 Å².